The van der Waals surface area contributed by atoms with E-state index >= 15 is 0 Å². The molecule has 3 aliphatic heterocycles. The number of carbonyl (C=O) groups is 3. The molecule has 0 bridgehead atoms. The Hall–Kier alpha value is -3.75. The zero-order valence-electron chi connectivity index (χ0n) is 37.9. The number of benzene rings is 1. The van der Waals surface area contributed by atoms with Crippen LogP contribution < -0.4 is 0 Å². The molecule has 7 N–H and O–H groups in total. The largest absolute Gasteiger partial charge is 0.462 e. The summed E-state index contributed by atoms with van der Waals surface area (Å²) in [5.41, 5.74) is -1.61. The normalized spacial score (nSPS) is 29.8. The summed E-state index contributed by atoms with van der Waals surface area (Å²) in [5, 5.41) is 88.2. The lowest BCUT2D eigenvalue weighted by Gasteiger charge is -2.41. The molecule has 2 fully saturated rings. The summed E-state index contributed by atoms with van der Waals surface area (Å²) in [4.78, 5) is 41.5. The Kier molecular flexibility index (Phi) is 19.0. The van der Waals surface area contributed by atoms with Gasteiger partial charge in [-0.3, -0.25) is 24.1 Å². The second kappa shape index (κ2) is 23.5. The van der Waals surface area contributed by atoms with Crippen LogP contribution >= 0.6 is 15.9 Å². The molecular formula is C43H65BrN6O16. The van der Waals surface area contributed by atoms with Crippen LogP contribution in [0.1, 0.15) is 71.6 Å². The highest BCUT2D eigenvalue weighted by atomic mass is 79.9. The highest BCUT2D eigenvalue weighted by molar-refractivity contribution is 9.10. The minimum absolute atomic E-state index is 0.0161. The summed E-state index contributed by atoms with van der Waals surface area (Å²) in [6.07, 6.45) is -8.29. The minimum atomic E-state index is -1.58. The van der Waals surface area contributed by atoms with Crippen molar-refractivity contribution in [3.05, 3.63) is 47.8 Å². The van der Waals surface area contributed by atoms with Crippen molar-refractivity contribution in [2.45, 2.75) is 146 Å². The van der Waals surface area contributed by atoms with Crippen molar-refractivity contribution in [3.63, 3.8) is 0 Å². The lowest BCUT2D eigenvalue weighted by atomic mass is 9.69. The molecule has 13 unspecified atom stereocenters. The molecule has 0 radical (unpaired) electrons. The van der Waals surface area contributed by atoms with Gasteiger partial charge in [0.05, 0.1) is 68.2 Å². The third-order valence-electron chi connectivity index (χ3n) is 12.1. The third-order valence-corrected chi connectivity index (χ3v) is 12.7. The van der Waals surface area contributed by atoms with Crippen molar-refractivity contribution in [2.24, 2.45) is 27.1 Å². The van der Waals surface area contributed by atoms with Gasteiger partial charge in [0.1, 0.15) is 66.4 Å². The van der Waals surface area contributed by atoms with Crippen LogP contribution in [0.25, 0.3) is 0 Å². The number of alkyl halides is 1. The molecule has 0 amide bonds. The number of aromatic nitrogens is 3. The van der Waals surface area contributed by atoms with Gasteiger partial charge in [-0.15, -0.1) is 5.10 Å². The molecule has 13 atom stereocenters. The fourth-order valence-corrected chi connectivity index (χ4v) is 9.11. The van der Waals surface area contributed by atoms with E-state index in [1.807, 2.05) is 30.3 Å². The molecule has 4 heterocycles. The number of hydrogen-bond acceptors (Lipinski definition) is 21. The quantitative estimate of drug-likeness (QED) is 0.0449. The fourth-order valence-electron chi connectivity index (χ4n) is 8.37. The van der Waals surface area contributed by atoms with E-state index < -0.39 is 107 Å². The van der Waals surface area contributed by atoms with Gasteiger partial charge in [-0.2, -0.15) is 5.11 Å². The van der Waals surface area contributed by atoms with Crippen LogP contribution in [0.15, 0.2) is 46.9 Å². The van der Waals surface area contributed by atoms with Crippen LogP contribution in [0.3, 0.4) is 0 Å². The SMILES string of the molecule is CC1C(CO)OC(CCCn2cc(COC(=O)C(C)(CC(C)(C)C(=O)OCc3ccccc3)CC(C)(Br)C(=O)OCC3CN(CCOC4OC(CO)C(O)C(O)C4O)N=N3)nn2)C(O)C1O. The van der Waals surface area contributed by atoms with Crippen molar-refractivity contribution < 1.29 is 78.6 Å². The number of aliphatic hydroxyl groups is 7. The molecule has 66 heavy (non-hydrogen) atoms. The van der Waals surface area contributed by atoms with E-state index in [9.17, 15) is 50.1 Å². The maximum atomic E-state index is 14.2. The molecule has 0 saturated carbocycles. The Morgan fingerprint density at radius 1 is 0.803 bits per heavy atom. The molecule has 0 aliphatic carbocycles. The molecule has 2 saturated heterocycles. The standard InChI is InChI=1S/C43H65BrN6O16/c1-25-30(18-51)65-29(33(54)32(25)53)12-9-13-49-16-27(45-47-49)21-63-39(59)42(4,23-41(2,3)38(58)62-20-26-10-7-6-8-11-26)24-43(5,44)40(60)64-22-28-17-50(48-46-28)14-15-61-37-36(57)35(56)34(55)31(19-52)66-37/h6-8,10-11,16,25,28-37,51-57H,9,12-15,17-24H2,1-5H3. The first-order valence-corrected chi connectivity index (χ1v) is 22.8. The summed E-state index contributed by atoms with van der Waals surface area (Å²) in [6, 6.07) is 8.58. The van der Waals surface area contributed by atoms with Crippen molar-refractivity contribution in [1.82, 2.24) is 20.0 Å². The number of rotatable bonds is 23. The van der Waals surface area contributed by atoms with Crippen LogP contribution in [-0.2, 0) is 62.6 Å². The Balaban J connectivity index is 1.16. The molecule has 22 nitrogen and oxygen atoms in total. The number of nitrogens with zero attached hydrogens (tertiary/aromatic N) is 6. The summed E-state index contributed by atoms with van der Waals surface area (Å²) in [7, 11) is 0. The fraction of sp³-hybridized carbons (Fsp3) is 0.744. The molecule has 3 aliphatic rings. The highest BCUT2D eigenvalue weighted by Crippen LogP contribution is 2.45. The average molecular weight is 1000 g/mol. The predicted octanol–water partition coefficient (Wildman–Crippen LogP) is 0.340. The molecule has 23 heteroatoms. The average Bonchev–Trinajstić information content (AvgIpc) is 3.95. The number of halogens is 1. The first-order chi connectivity index (χ1) is 31.2. The molecule has 1 aromatic carbocycles. The number of aliphatic hydroxyl groups excluding tert-OH is 7. The maximum Gasteiger partial charge on any atom is 0.322 e. The Morgan fingerprint density at radius 2 is 1.48 bits per heavy atom. The molecule has 1 aromatic heterocycles. The summed E-state index contributed by atoms with van der Waals surface area (Å²) in [5.74, 6) is -2.43. The van der Waals surface area contributed by atoms with Gasteiger partial charge in [-0.1, -0.05) is 63.6 Å². The molecule has 2 aromatic rings. The lowest BCUT2D eigenvalue weighted by Crippen LogP contribution is -2.59. The Morgan fingerprint density at radius 3 is 2.18 bits per heavy atom. The van der Waals surface area contributed by atoms with Gasteiger partial charge in [-0.25, -0.2) is 0 Å². The van der Waals surface area contributed by atoms with Crippen LogP contribution in [0.5, 0.6) is 0 Å². The Labute approximate surface area is 391 Å². The molecule has 0 spiro atoms. The third kappa shape index (κ3) is 13.9. The number of hydrogen-bond donors (Lipinski definition) is 7. The number of carbonyl (C=O) groups excluding carboxylic acids is 3. The number of esters is 3. The zero-order valence-corrected chi connectivity index (χ0v) is 39.5. The van der Waals surface area contributed by atoms with Crippen molar-refractivity contribution >= 4 is 33.8 Å². The van der Waals surface area contributed by atoms with Gasteiger partial charge >= 0.3 is 17.9 Å². The summed E-state index contributed by atoms with van der Waals surface area (Å²) >= 11 is 3.50. The molecule has 5 rings (SSSR count). The van der Waals surface area contributed by atoms with Gasteiger partial charge in [0.25, 0.3) is 0 Å². The van der Waals surface area contributed by atoms with Gasteiger partial charge in [-0.05, 0) is 58.9 Å². The van der Waals surface area contributed by atoms with Crippen LogP contribution in [0.2, 0.25) is 0 Å². The van der Waals surface area contributed by atoms with Crippen LogP contribution in [0.4, 0.5) is 0 Å². The van der Waals surface area contributed by atoms with E-state index in [0.717, 1.165) is 5.56 Å². The second-order valence-electron chi connectivity index (χ2n) is 18.4. The van der Waals surface area contributed by atoms with Crippen molar-refractivity contribution in [3.8, 4) is 0 Å². The first kappa shape index (κ1) is 53.2. The zero-order chi connectivity index (χ0) is 48.4. The van der Waals surface area contributed by atoms with Crippen LogP contribution in [0, 0.1) is 16.7 Å². The van der Waals surface area contributed by atoms with E-state index in [1.165, 1.54) is 0 Å². The number of ether oxygens (including phenoxy) is 6. The minimum Gasteiger partial charge on any atom is -0.462 e. The monoisotopic (exact) mass is 1000 g/mol. The van der Waals surface area contributed by atoms with E-state index in [0.29, 0.717) is 25.1 Å². The lowest BCUT2D eigenvalue weighted by molar-refractivity contribution is -0.301. The molecule has 370 valence electrons. The van der Waals surface area contributed by atoms with E-state index in [2.05, 4.69) is 36.6 Å². The van der Waals surface area contributed by atoms with Gasteiger partial charge < -0.3 is 64.2 Å². The van der Waals surface area contributed by atoms with E-state index in [-0.39, 0.29) is 59.0 Å². The van der Waals surface area contributed by atoms with Gasteiger partial charge in [0.2, 0.25) is 0 Å². The predicted molar refractivity (Wildman–Crippen MR) is 232 cm³/mol. The summed E-state index contributed by atoms with van der Waals surface area (Å²) in [6.45, 7) is 7.60. The van der Waals surface area contributed by atoms with Crippen molar-refractivity contribution in [2.75, 3.05) is 39.5 Å². The number of aryl methyl sites for hydroxylation is 1. The molecular weight excluding hydrogens is 936 g/mol. The summed E-state index contributed by atoms with van der Waals surface area (Å²) < 4.78 is 34.0. The van der Waals surface area contributed by atoms with Gasteiger partial charge in [0.15, 0.2) is 6.29 Å². The maximum absolute atomic E-state index is 14.2. The van der Waals surface area contributed by atoms with Gasteiger partial charge in [0, 0.05) is 12.5 Å². The van der Waals surface area contributed by atoms with E-state index in [4.69, 9.17) is 28.4 Å². The van der Waals surface area contributed by atoms with Crippen LogP contribution in [-0.4, -0.2) is 179 Å². The first-order valence-electron chi connectivity index (χ1n) is 22.0. The van der Waals surface area contributed by atoms with Crippen molar-refractivity contribution in [1.29, 1.82) is 0 Å². The second-order valence-corrected chi connectivity index (χ2v) is 20.2. The topological polar surface area (TPSA) is 307 Å². The smallest absolute Gasteiger partial charge is 0.322 e. The highest BCUT2D eigenvalue weighted by Gasteiger charge is 2.50. The van der Waals surface area contributed by atoms with E-state index in [1.54, 1.807) is 50.5 Å². The Bertz CT molecular complexity index is 1910.